The number of hydrogen-bond acceptors (Lipinski definition) is 2. The Labute approximate surface area is 84.8 Å². The molecule has 1 aromatic rings. The van der Waals surface area contributed by atoms with Crippen LogP contribution in [0.5, 0.6) is 0 Å². The third-order valence-electron chi connectivity index (χ3n) is 3.23. The second-order valence-corrected chi connectivity index (χ2v) is 4.46. The first kappa shape index (κ1) is 9.53. The summed E-state index contributed by atoms with van der Waals surface area (Å²) in [5, 5.41) is 0. The summed E-state index contributed by atoms with van der Waals surface area (Å²) in [6.07, 6.45) is 5.99. The summed E-state index contributed by atoms with van der Waals surface area (Å²) in [7, 11) is 0. The highest BCUT2D eigenvalue weighted by Crippen LogP contribution is 2.36. The van der Waals surface area contributed by atoms with E-state index in [9.17, 15) is 0 Å². The fourth-order valence-corrected chi connectivity index (χ4v) is 2.05. The zero-order chi connectivity index (χ0) is 10.2. The lowest BCUT2D eigenvalue weighted by Crippen LogP contribution is -2.41. The van der Waals surface area contributed by atoms with Crippen molar-refractivity contribution in [3.05, 3.63) is 35.8 Å². The molecule has 0 fully saturated rings. The van der Waals surface area contributed by atoms with Crippen molar-refractivity contribution >= 4 is 0 Å². The van der Waals surface area contributed by atoms with Crippen molar-refractivity contribution in [2.24, 2.45) is 5.73 Å². The van der Waals surface area contributed by atoms with Crippen LogP contribution in [0.15, 0.2) is 34.5 Å². The Morgan fingerprint density at radius 3 is 2.93 bits per heavy atom. The van der Waals surface area contributed by atoms with E-state index >= 15 is 0 Å². The van der Waals surface area contributed by atoms with Gasteiger partial charge >= 0.3 is 0 Å². The molecular formula is C12H17NO. The van der Waals surface area contributed by atoms with Crippen molar-refractivity contribution < 1.29 is 4.42 Å². The second-order valence-electron chi connectivity index (χ2n) is 4.46. The number of rotatable bonds is 1. The number of nitrogens with two attached hydrogens (primary N) is 1. The van der Waals surface area contributed by atoms with E-state index in [0.29, 0.717) is 5.92 Å². The van der Waals surface area contributed by atoms with Crippen LogP contribution in [0.25, 0.3) is 0 Å². The summed E-state index contributed by atoms with van der Waals surface area (Å²) in [5.74, 6) is 1.51. The predicted octanol–water partition coefficient (Wildman–Crippen LogP) is 2.82. The van der Waals surface area contributed by atoms with Gasteiger partial charge in [-0.15, -0.1) is 0 Å². The molecule has 0 saturated carbocycles. The first-order chi connectivity index (χ1) is 6.59. The van der Waals surface area contributed by atoms with Crippen LogP contribution in [0.4, 0.5) is 0 Å². The topological polar surface area (TPSA) is 39.2 Å². The standard InChI is InChI=1S/C12H17NO/c1-9-5-6-10(8-12(9,2)13)11-4-3-7-14-11/h3-5,7,10H,6,8,13H2,1-2H3/t10?,12-/m0/s1. The summed E-state index contributed by atoms with van der Waals surface area (Å²) < 4.78 is 5.42. The van der Waals surface area contributed by atoms with E-state index in [4.69, 9.17) is 10.2 Å². The molecule has 0 spiro atoms. The van der Waals surface area contributed by atoms with E-state index in [1.807, 2.05) is 12.1 Å². The molecule has 0 saturated heterocycles. The van der Waals surface area contributed by atoms with Gasteiger partial charge in [0.15, 0.2) is 0 Å². The lowest BCUT2D eigenvalue weighted by molar-refractivity contribution is 0.369. The zero-order valence-corrected chi connectivity index (χ0v) is 8.79. The minimum atomic E-state index is -0.171. The van der Waals surface area contributed by atoms with Gasteiger partial charge in [-0.3, -0.25) is 0 Å². The SMILES string of the molecule is CC1=CCC(c2ccco2)C[C@]1(C)N. The van der Waals surface area contributed by atoms with Crippen LogP contribution in [-0.4, -0.2) is 5.54 Å². The van der Waals surface area contributed by atoms with E-state index in [1.54, 1.807) is 6.26 Å². The fourth-order valence-electron chi connectivity index (χ4n) is 2.05. The van der Waals surface area contributed by atoms with E-state index in [1.165, 1.54) is 5.57 Å². The quantitative estimate of drug-likeness (QED) is 0.693. The van der Waals surface area contributed by atoms with Gasteiger partial charge in [0.2, 0.25) is 0 Å². The van der Waals surface area contributed by atoms with Gasteiger partial charge in [-0.25, -0.2) is 0 Å². The van der Waals surface area contributed by atoms with E-state index in [2.05, 4.69) is 19.9 Å². The fraction of sp³-hybridized carbons (Fsp3) is 0.500. The molecular weight excluding hydrogens is 174 g/mol. The van der Waals surface area contributed by atoms with Crippen LogP contribution in [0.1, 0.15) is 38.4 Å². The molecule has 2 heteroatoms. The maximum absolute atomic E-state index is 6.21. The average molecular weight is 191 g/mol. The molecule has 14 heavy (non-hydrogen) atoms. The number of allylic oxidation sites excluding steroid dienone is 1. The Bertz CT molecular complexity index is 335. The molecule has 0 aliphatic heterocycles. The molecule has 1 unspecified atom stereocenters. The maximum atomic E-state index is 6.21. The van der Waals surface area contributed by atoms with Gasteiger partial charge in [0, 0.05) is 11.5 Å². The van der Waals surface area contributed by atoms with Gasteiger partial charge in [0.1, 0.15) is 5.76 Å². The highest BCUT2D eigenvalue weighted by Gasteiger charge is 2.30. The van der Waals surface area contributed by atoms with Crippen molar-refractivity contribution in [1.29, 1.82) is 0 Å². The summed E-state index contributed by atoms with van der Waals surface area (Å²) >= 11 is 0. The first-order valence-corrected chi connectivity index (χ1v) is 5.09. The summed E-state index contributed by atoms with van der Waals surface area (Å²) in [4.78, 5) is 0. The largest absolute Gasteiger partial charge is 0.469 e. The number of hydrogen-bond donors (Lipinski definition) is 1. The third-order valence-corrected chi connectivity index (χ3v) is 3.23. The van der Waals surface area contributed by atoms with E-state index in [0.717, 1.165) is 18.6 Å². The summed E-state index contributed by atoms with van der Waals surface area (Å²) in [6, 6.07) is 3.98. The number of furan rings is 1. The molecule has 1 aliphatic carbocycles. The molecule has 0 aromatic carbocycles. The second kappa shape index (κ2) is 3.28. The van der Waals surface area contributed by atoms with Crippen molar-refractivity contribution in [1.82, 2.24) is 0 Å². The minimum absolute atomic E-state index is 0.171. The lowest BCUT2D eigenvalue weighted by Gasteiger charge is -2.33. The lowest BCUT2D eigenvalue weighted by atomic mass is 9.77. The smallest absolute Gasteiger partial charge is 0.107 e. The highest BCUT2D eigenvalue weighted by molar-refractivity contribution is 5.24. The van der Waals surface area contributed by atoms with Crippen molar-refractivity contribution in [2.75, 3.05) is 0 Å². The van der Waals surface area contributed by atoms with E-state index in [-0.39, 0.29) is 5.54 Å². The molecule has 76 valence electrons. The van der Waals surface area contributed by atoms with Crippen LogP contribution in [0.2, 0.25) is 0 Å². The zero-order valence-electron chi connectivity index (χ0n) is 8.79. The van der Waals surface area contributed by atoms with Gasteiger partial charge in [0.25, 0.3) is 0 Å². The molecule has 2 atom stereocenters. The van der Waals surface area contributed by atoms with Gasteiger partial charge in [-0.2, -0.15) is 0 Å². The molecule has 1 heterocycles. The predicted molar refractivity (Wildman–Crippen MR) is 57.0 cm³/mol. The Morgan fingerprint density at radius 1 is 1.57 bits per heavy atom. The maximum Gasteiger partial charge on any atom is 0.107 e. The highest BCUT2D eigenvalue weighted by atomic mass is 16.3. The molecule has 2 N–H and O–H groups in total. The third kappa shape index (κ3) is 1.62. The Hall–Kier alpha value is -1.02. The minimum Gasteiger partial charge on any atom is -0.469 e. The summed E-state index contributed by atoms with van der Waals surface area (Å²) in [5.41, 5.74) is 7.33. The molecule has 1 aromatic heterocycles. The van der Waals surface area contributed by atoms with Gasteiger partial charge in [-0.05, 0) is 38.8 Å². The Balaban J connectivity index is 2.21. The van der Waals surface area contributed by atoms with Gasteiger partial charge in [-0.1, -0.05) is 11.6 Å². The van der Waals surface area contributed by atoms with Crippen LogP contribution in [0.3, 0.4) is 0 Å². The molecule has 0 amide bonds. The molecule has 2 nitrogen and oxygen atoms in total. The van der Waals surface area contributed by atoms with Crippen molar-refractivity contribution in [3.63, 3.8) is 0 Å². The normalized spacial score (nSPS) is 32.8. The molecule has 1 aliphatic rings. The Morgan fingerprint density at radius 2 is 2.36 bits per heavy atom. The average Bonchev–Trinajstić information content (AvgIpc) is 2.62. The van der Waals surface area contributed by atoms with Gasteiger partial charge < -0.3 is 10.2 Å². The van der Waals surface area contributed by atoms with Crippen LogP contribution < -0.4 is 5.73 Å². The monoisotopic (exact) mass is 191 g/mol. The Kier molecular flexibility index (Phi) is 2.23. The molecule has 0 bridgehead atoms. The van der Waals surface area contributed by atoms with Crippen LogP contribution in [-0.2, 0) is 0 Å². The van der Waals surface area contributed by atoms with E-state index < -0.39 is 0 Å². The van der Waals surface area contributed by atoms with Gasteiger partial charge in [0.05, 0.1) is 6.26 Å². The van der Waals surface area contributed by atoms with Crippen LogP contribution >= 0.6 is 0 Å². The first-order valence-electron chi connectivity index (χ1n) is 5.09. The van der Waals surface area contributed by atoms with Crippen LogP contribution in [0, 0.1) is 0 Å². The van der Waals surface area contributed by atoms with Crippen molar-refractivity contribution in [2.45, 2.75) is 38.1 Å². The molecule has 0 radical (unpaired) electrons. The van der Waals surface area contributed by atoms with Crippen molar-refractivity contribution in [3.8, 4) is 0 Å². The summed E-state index contributed by atoms with van der Waals surface area (Å²) in [6.45, 7) is 4.20. The molecule has 2 rings (SSSR count).